The first-order chi connectivity index (χ1) is 6.22. The van der Waals surface area contributed by atoms with Crippen molar-refractivity contribution in [2.24, 2.45) is 5.92 Å². The standard InChI is InChI=1S/C11H8Cl2/c12-10-5-7-6-11(7,13)9-4-2-1-3-8(9)10/h1-5,7H,6H2. The molecule has 13 heavy (non-hydrogen) atoms. The second kappa shape index (κ2) is 2.31. The number of allylic oxidation sites excluding steroid dienone is 1. The molecule has 1 aromatic rings. The van der Waals surface area contributed by atoms with E-state index in [2.05, 4.69) is 12.1 Å². The Morgan fingerprint density at radius 2 is 2.08 bits per heavy atom. The Labute approximate surface area is 87.2 Å². The summed E-state index contributed by atoms with van der Waals surface area (Å²) < 4.78 is 0. The summed E-state index contributed by atoms with van der Waals surface area (Å²) in [5, 5.41) is 0.856. The van der Waals surface area contributed by atoms with Crippen LogP contribution >= 0.6 is 23.2 Å². The van der Waals surface area contributed by atoms with Crippen molar-refractivity contribution in [1.82, 2.24) is 0 Å². The van der Waals surface area contributed by atoms with Gasteiger partial charge in [-0.3, -0.25) is 0 Å². The molecule has 0 amide bonds. The van der Waals surface area contributed by atoms with Gasteiger partial charge < -0.3 is 0 Å². The van der Waals surface area contributed by atoms with Gasteiger partial charge in [0.15, 0.2) is 0 Å². The molecule has 2 unspecified atom stereocenters. The first-order valence-electron chi connectivity index (χ1n) is 4.38. The molecule has 2 atom stereocenters. The quantitative estimate of drug-likeness (QED) is 0.573. The third kappa shape index (κ3) is 0.934. The van der Waals surface area contributed by atoms with E-state index in [0.717, 1.165) is 17.0 Å². The molecule has 0 nitrogen and oxygen atoms in total. The average molecular weight is 211 g/mol. The van der Waals surface area contributed by atoms with E-state index in [9.17, 15) is 0 Å². The second-order valence-corrected chi connectivity index (χ2v) is 4.81. The fourth-order valence-corrected chi connectivity index (χ4v) is 2.79. The van der Waals surface area contributed by atoms with Gasteiger partial charge in [-0.05, 0) is 17.5 Å². The highest BCUT2D eigenvalue weighted by Gasteiger charge is 2.55. The zero-order chi connectivity index (χ0) is 9.05. The Hall–Kier alpha value is -0.460. The lowest BCUT2D eigenvalue weighted by atomic mass is 9.97. The summed E-state index contributed by atoms with van der Waals surface area (Å²) in [7, 11) is 0. The summed E-state index contributed by atoms with van der Waals surface area (Å²) in [6.07, 6.45) is 3.11. The minimum Gasteiger partial charge on any atom is -0.113 e. The highest BCUT2D eigenvalue weighted by atomic mass is 35.5. The van der Waals surface area contributed by atoms with Crippen molar-refractivity contribution in [3.05, 3.63) is 41.5 Å². The average Bonchev–Trinajstić information content (AvgIpc) is 2.79. The van der Waals surface area contributed by atoms with E-state index in [0.29, 0.717) is 5.92 Å². The summed E-state index contributed by atoms with van der Waals surface area (Å²) in [5.74, 6) is 0.455. The second-order valence-electron chi connectivity index (χ2n) is 3.73. The van der Waals surface area contributed by atoms with Gasteiger partial charge in [-0.2, -0.15) is 0 Å². The third-order valence-corrected chi connectivity index (χ3v) is 3.89. The van der Waals surface area contributed by atoms with Crippen LogP contribution in [0.3, 0.4) is 0 Å². The number of halogens is 2. The van der Waals surface area contributed by atoms with Crippen molar-refractivity contribution in [1.29, 1.82) is 0 Å². The van der Waals surface area contributed by atoms with Gasteiger partial charge >= 0.3 is 0 Å². The van der Waals surface area contributed by atoms with Crippen molar-refractivity contribution >= 4 is 28.2 Å². The highest BCUT2D eigenvalue weighted by Crippen LogP contribution is 2.63. The molecule has 3 rings (SSSR count). The molecule has 2 aliphatic rings. The van der Waals surface area contributed by atoms with E-state index in [1.54, 1.807) is 0 Å². The fourth-order valence-electron chi connectivity index (χ4n) is 2.08. The number of hydrogen-bond acceptors (Lipinski definition) is 0. The minimum atomic E-state index is -0.130. The summed E-state index contributed by atoms with van der Waals surface area (Å²) in [6.45, 7) is 0. The molecular weight excluding hydrogens is 203 g/mol. The van der Waals surface area contributed by atoms with Crippen LogP contribution in [0.4, 0.5) is 0 Å². The van der Waals surface area contributed by atoms with Crippen molar-refractivity contribution < 1.29 is 0 Å². The van der Waals surface area contributed by atoms with Crippen LogP contribution < -0.4 is 0 Å². The molecule has 1 aromatic carbocycles. The molecule has 1 saturated carbocycles. The van der Waals surface area contributed by atoms with Crippen molar-refractivity contribution in [2.75, 3.05) is 0 Å². The molecule has 0 aromatic heterocycles. The topological polar surface area (TPSA) is 0 Å². The molecule has 0 radical (unpaired) electrons. The highest BCUT2D eigenvalue weighted by molar-refractivity contribution is 6.49. The summed E-state index contributed by atoms with van der Waals surface area (Å²) in [4.78, 5) is -0.130. The molecule has 0 aliphatic heterocycles. The maximum absolute atomic E-state index is 6.44. The lowest BCUT2D eigenvalue weighted by Gasteiger charge is -2.17. The van der Waals surface area contributed by atoms with Gasteiger partial charge in [0.2, 0.25) is 0 Å². The van der Waals surface area contributed by atoms with Gasteiger partial charge in [0.25, 0.3) is 0 Å². The van der Waals surface area contributed by atoms with Gasteiger partial charge in [0, 0.05) is 11.0 Å². The Morgan fingerprint density at radius 1 is 1.31 bits per heavy atom. The van der Waals surface area contributed by atoms with Crippen LogP contribution in [0.25, 0.3) is 5.03 Å². The minimum absolute atomic E-state index is 0.130. The molecule has 0 spiro atoms. The Morgan fingerprint density at radius 3 is 2.92 bits per heavy atom. The molecule has 66 valence electrons. The predicted molar refractivity (Wildman–Crippen MR) is 55.9 cm³/mol. The van der Waals surface area contributed by atoms with Crippen molar-refractivity contribution in [3.8, 4) is 0 Å². The normalized spacial score (nSPS) is 34.6. The van der Waals surface area contributed by atoms with Gasteiger partial charge in [-0.15, -0.1) is 11.6 Å². The van der Waals surface area contributed by atoms with Crippen LogP contribution in [0.2, 0.25) is 0 Å². The molecule has 0 N–H and O–H groups in total. The van der Waals surface area contributed by atoms with Crippen LogP contribution in [-0.4, -0.2) is 0 Å². The van der Waals surface area contributed by atoms with Crippen LogP contribution in [0.15, 0.2) is 30.3 Å². The van der Waals surface area contributed by atoms with Gasteiger partial charge in [0.05, 0.1) is 4.87 Å². The molecular formula is C11H8Cl2. The lowest BCUT2D eigenvalue weighted by Crippen LogP contribution is -2.07. The number of fused-ring (bicyclic) bond motifs is 3. The van der Waals surface area contributed by atoms with Crippen LogP contribution in [0.5, 0.6) is 0 Å². The smallest absolute Gasteiger partial charge is 0.0771 e. The summed E-state index contributed by atoms with van der Waals surface area (Å²) in [6, 6.07) is 8.14. The van der Waals surface area contributed by atoms with E-state index in [-0.39, 0.29) is 4.87 Å². The molecule has 0 saturated heterocycles. The lowest BCUT2D eigenvalue weighted by molar-refractivity contribution is 0.910. The zero-order valence-electron chi connectivity index (χ0n) is 6.93. The molecule has 1 fully saturated rings. The largest absolute Gasteiger partial charge is 0.113 e. The number of benzene rings is 1. The molecule has 0 bridgehead atoms. The predicted octanol–water partition coefficient (Wildman–Crippen LogP) is 3.73. The van der Waals surface area contributed by atoms with E-state index >= 15 is 0 Å². The monoisotopic (exact) mass is 210 g/mol. The number of hydrogen-bond donors (Lipinski definition) is 0. The van der Waals surface area contributed by atoms with Crippen LogP contribution in [0.1, 0.15) is 17.5 Å². The first kappa shape index (κ1) is 7.90. The van der Waals surface area contributed by atoms with Crippen LogP contribution in [-0.2, 0) is 4.87 Å². The van der Waals surface area contributed by atoms with Gasteiger partial charge in [0.1, 0.15) is 0 Å². The molecule has 2 heteroatoms. The zero-order valence-corrected chi connectivity index (χ0v) is 8.44. The Bertz CT molecular complexity index is 408. The summed E-state index contributed by atoms with van der Waals surface area (Å²) in [5.41, 5.74) is 2.31. The maximum Gasteiger partial charge on any atom is 0.0771 e. The van der Waals surface area contributed by atoms with Gasteiger partial charge in [-0.1, -0.05) is 41.9 Å². The maximum atomic E-state index is 6.44. The number of alkyl halides is 1. The van der Waals surface area contributed by atoms with E-state index in [1.807, 2.05) is 18.2 Å². The van der Waals surface area contributed by atoms with E-state index < -0.39 is 0 Å². The molecule has 2 aliphatic carbocycles. The summed E-state index contributed by atoms with van der Waals surface area (Å²) >= 11 is 12.6. The van der Waals surface area contributed by atoms with E-state index in [1.165, 1.54) is 5.56 Å². The Balaban J connectivity index is 2.29. The first-order valence-corrected chi connectivity index (χ1v) is 5.13. The molecule has 0 heterocycles. The fraction of sp³-hybridized carbons (Fsp3) is 0.273. The third-order valence-electron chi connectivity index (χ3n) is 2.92. The SMILES string of the molecule is ClC1=CC2CC2(Cl)c2ccccc21. The van der Waals surface area contributed by atoms with Crippen molar-refractivity contribution in [2.45, 2.75) is 11.3 Å². The van der Waals surface area contributed by atoms with Crippen molar-refractivity contribution in [3.63, 3.8) is 0 Å². The van der Waals surface area contributed by atoms with E-state index in [4.69, 9.17) is 23.2 Å². The van der Waals surface area contributed by atoms with Gasteiger partial charge in [-0.25, -0.2) is 0 Å². The van der Waals surface area contributed by atoms with Crippen LogP contribution in [0, 0.1) is 5.92 Å². The Kier molecular flexibility index (Phi) is 1.41. The number of rotatable bonds is 0.